The zero-order chi connectivity index (χ0) is 16.9. The van der Waals surface area contributed by atoms with E-state index in [2.05, 4.69) is 10.2 Å². The van der Waals surface area contributed by atoms with Crippen LogP contribution in [0.2, 0.25) is 0 Å². The molecule has 1 aliphatic carbocycles. The summed E-state index contributed by atoms with van der Waals surface area (Å²) in [5, 5.41) is 2.94. The SMILES string of the molecule is COC(C)(C(=O)Nc1ccc(OCCCN(C)C)cc1)C1CC1. The van der Waals surface area contributed by atoms with E-state index in [4.69, 9.17) is 9.47 Å². The third kappa shape index (κ3) is 4.94. The lowest BCUT2D eigenvalue weighted by Crippen LogP contribution is -2.43. The number of amides is 1. The number of methoxy groups -OCH3 is 1. The topological polar surface area (TPSA) is 50.8 Å². The molecule has 0 heterocycles. The van der Waals surface area contributed by atoms with Crippen molar-refractivity contribution in [1.82, 2.24) is 4.90 Å². The van der Waals surface area contributed by atoms with Crippen molar-refractivity contribution in [3.8, 4) is 5.75 Å². The van der Waals surface area contributed by atoms with Crippen LogP contribution in [0.3, 0.4) is 0 Å². The van der Waals surface area contributed by atoms with Gasteiger partial charge in [-0.1, -0.05) is 0 Å². The average Bonchev–Trinajstić information content (AvgIpc) is 3.37. The highest BCUT2D eigenvalue weighted by molar-refractivity contribution is 5.97. The molecule has 0 radical (unpaired) electrons. The van der Waals surface area contributed by atoms with E-state index < -0.39 is 5.60 Å². The van der Waals surface area contributed by atoms with Gasteiger partial charge < -0.3 is 19.7 Å². The summed E-state index contributed by atoms with van der Waals surface area (Å²) in [5.41, 5.74) is 0.0287. The van der Waals surface area contributed by atoms with E-state index in [1.165, 1.54) is 0 Å². The van der Waals surface area contributed by atoms with E-state index in [1.54, 1.807) is 7.11 Å². The molecule has 1 N–H and O–H groups in total. The third-order valence-corrected chi connectivity index (χ3v) is 4.36. The second kappa shape index (κ2) is 7.79. The number of hydrogen-bond acceptors (Lipinski definition) is 4. The van der Waals surface area contributed by atoms with Crippen molar-refractivity contribution in [1.29, 1.82) is 0 Å². The van der Waals surface area contributed by atoms with Crippen LogP contribution >= 0.6 is 0 Å². The lowest BCUT2D eigenvalue weighted by molar-refractivity contribution is -0.138. The normalized spacial score (nSPS) is 16.9. The highest BCUT2D eigenvalue weighted by Gasteiger charge is 2.47. The lowest BCUT2D eigenvalue weighted by atomic mass is 9.99. The summed E-state index contributed by atoms with van der Waals surface area (Å²) in [6.45, 7) is 3.56. The molecule has 23 heavy (non-hydrogen) atoms. The molecule has 1 aliphatic rings. The number of anilines is 1. The molecule has 5 heteroatoms. The molecular formula is C18H28N2O3. The van der Waals surface area contributed by atoms with Gasteiger partial charge in [0.2, 0.25) is 0 Å². The fraction of sp³-hybridized carbons (Fsp3) is 0.611. The Balaban J connectivity index is 1.83. The highest BCUT2D eigenvalue weighted by atomic mass is 16.5. The van der Waals surface area contributed by atoms with Gasteiger partial charge in [0.1, 0.15) is 11.4 Å². The number of benzene rings is 1. The fourth-order valence-corrected chi connectivity index (χ4v) is 2.54. The predicted octanol–water partition coefficient (Wildman–Crippen LogP) is 2.77. The summed E-state index contributed by atoms with van der Waals surface area (Å²) in [7, 11) is 5.70. The monoisotopic (exact) mass is 320 g/mol. The van der Waals surface area contributed by atoms with Crippen LogP contribution in [-0.2, 0) is 9.53 Å². The van der Waals surface area contributed by atoms with Crippen molar-refractivity contribution in [2.75, 3.05) is 39.7 Å². The second-order valence-electron chi connectivity index (χ2n) is 6.57. The highest BCUT2D eigenvalue weighted by Crippen LogP contribution is 2.42. The van der Waals surface area contributed by atoms with Crippen molar-refractivity contribution in [3.63, 3.8) is 0 Å². The molecule has 128 valence electrons. The van der Waals surface area contributed by atoms with Crippen molar-refractivity contribution in [2.24, 2.45) is 5.92 Å². The molecule has 1 fully saturated rings. The van der Waals surface area contributed by atoms with Gasteiger partial charge in [0.25, 0.3) is 5.91 Å². The van der Waals surface area contributed by atoms with Crippen LogP contribution in [-0.4, -0.2) is 50.8 Å². The zero-order valence-electron chi connectivity index (χ0n) is 14.6. The maximum absolute atomic E-state index is 12.4. The van der Waals surface area contributed by atoms with Gasteiger partial charge in [-0.2, -0.15) is 0 Å². The summed E-state index contributed by atoms with van der Waals surface area (Å²) in [6, 6.07) is 7.49. The number of carbonyl (C=O) groups is 1. The van der Waals surface area contributed by atoms with Gasteiger partial charge in [-0.05, 0) is 70.5 Å². The first-order valence-corrected chi connectivity index (χ1v) is 8.20. The number of nitrogens with one attached hydrogen (secondary N) is 1. The molecule has 0 spiro atoms. The van der Waals surface area contributed by atoms with Gasteiger partial charge in [0.15, 0.2) is 0 Å². The van der Waals surface area contributed by atoms with Crippen LogP contribution in [0.1, 0.15) is 26.2 Å². The molecule has 1 unspecified atom stereocenters. The molecule has 0 saturated heterocycles. The fourth-order valence-electron chi connectivity index (χ4n) is 2.54. The van der Waals surface area contributed by atoms with Crippen LogP contribution in [0.25, 0.3) is 0 Å². The van der Waals surface area contributed by atoms with E-state index in [1.807, 2.05) is 45.3 Å². The second-order valence-corrected chi connectivity index (χ2v) is 6.57. The van der Waals surface area contributed by atoms with Crippen molar-refractivity contribution < 1.29 is 14.3 Å². The Bertz CT molecular complexity index is 512. The molecule has 2 rings (SSSR count). The minimum atomic E-state index is -0.735. The quantitative estimate of drug-likeness (QED) is 0.711. The molecule has 0 aromatic heterocycles. The molecule has 1 saturated carbocycles. The largest absolute Gasteiger partial charge is 0.494 e. The van der Waals surface area contributed by atoms with Gasteiger partial charge in [-0.25, -0.2) is 0 Å². The molecule has 0 aliphatic heterocycles. The maximum Gasteiger partial charge on any atom is 0.256 e. The van der Waals surface area contributed by atoms with Gasteiger partial charge in [0.05, 0.1) is 6.61 Å². The molecule has 5 nitrogen and oxygen atoms in total. The summed E-state index contributed by atoms with van der Waals surface area (Å²) < 4.78 is 11.2. The molecule has 0 bridgehead atoms. The summed E-state index contributed by atoms with van der Waals surface area (Å²) in [6.07, 6.45) is 3.09. The molecule has 1 aromatic rings. The van der Waals surface area contributed by atoms with E-state index in [-0.39, 0.29) is 5.91 Å². The minimum Gasteiger partial charge on any atom is -0.494 e. The lowest BCUT2D eigenvalue weighted by Gasteiger charge is -2.26. The Morgan fingerprint density at radius 3 is 2.48 bits per heavy atom. The zero-order valence-corrected chi connectivity index (χ0v) is 14.6. The van der Waals surface area contributed by atoms with Gasteiger partial charge in [-0.3, -0.25) is 4.79 Å². The van der Waals surface area contributed by atoms with Crippen molar-refractivity contribution >= 4 is 11.6 Å². The van der Waals surface area contributed by atoms with Crippen LogP contribution in [0.5, 0.6) is 5.75 Å². The van der Waals surface area contributed by atoms with E-state index >= 15 is 0 Å². The Morgan fingerprint density at radius 1 is 1.30 bits per heavy atom. The van der Waals surface area contributed by atoms with E-state index in [0.717, 1.165) is 37.2 Å². The van der Waals surface area contributed by atoms with Crippen LogP contribution in [0.15, 0.2) is 24.3 Å². The molecule has 1 aromatic carbocycles. The first-order valence-electron chi connectivity index (χ1n) is 8.20. The van der Waals surface area contributed by atoms with Crippen molar-refractivity contribution in [2.45, 2.75) is 31.8 Å². The number of carbonyl (C=O) groups excluding carboxylic acids is 1. The molecule has 1 atom stereocenters. The average molecular weight is 320 g/mol. The van der Waals surface area contributed by atoms with E-state index in [0.29, 0.717) is 12.5 Å². The standard InChI is InChI=1S/C18H28N2O3/c1-18(22-4,14-6-7-14)17(21)19-15-8-10-16(11-9-15)23-13-5-12-20(2)3/h8-11,14H,5-7,12-13H2,1-4H3,(H,19,21). The van der Waals surface area contributed by atoms with Gasteiger partial charge in [-0.15, -0.1) is 0 Å². The minimum absolute atomic E-state index is 0.0813. The summed E-state index contributed by atoms with van der Waals surface area (Å²) in [5.74, 6) is 1.06. The smallest absolute Gasteiger partial charge is 0.256 e. The summed E-state index contributed by atoms with van der Waals surface area (Å²) in [4.78, 5) is 14.6. The van der Waals surface area contributed by atoms with Crippen LogP contribution in [0.4, 0.5) is 5.69 Å². The Labute approximate surface area is 139 Å². The van der Waals surface area contributed by atoms with Crippen LogP contribution < -0.4 is 10.1 Å². The Kier molecular flexibility index (Phi) is 6.02. The first-order chi connectivity index (χ1) is 11.0. The van der Waals surface area contributed by atoms with Gasteiger partial charge in [0, 0.05) is 19.3 Å². The van der Waals surface area contributed by atoms with Gasteiger partial charge >= 0.3 is 0 Å². The number of rotatable bonds is 9. The summed E-state index contributed by atoms with van der Waals surface area (Å²) >= 11 is 0. The Morgan fingerprint density at radius 2 is 1.96 bits per heavy atom. The maximum atomic E-state index is 12.4. The number of ether oxygens (including phenoxy) is 2. The Hall–Kier alpha value is -1.59. The van der Waals surface area contributed by atoms with Crippen molar-refractivity contribution in [3.05, 3.63) is 24.3 Å². The molecule has 1 amide bonds. The first kappa shape index (κ1) is 17.8. The van der Waals surface area contributed by atoms with E-state index in [9.17, 15) is 4.79 Å². The van der Waals surface area contributed by atoms with Crippen LogP contribution in [0, 0.1) is 5.92 Å². The number of hydrogen-bond donors (Lipinski definition) is 1. The number of nitrogens with zero attached hydrogens (tertiary/aromatic N) is 1. The third-order valence-electron chi connectivity index (χ3n) is 4.36. The predicted molar refractivity (Wildman–Crippen MR) is 91.9 cm³/mol. The molecular weight excluding hydrogens is 292 g/mol.